The Morgan fingerprint density at radius 1 is 0.932 bits per heavy atom. The summed E-state index contributed by atoms with van der Waals surface area (Å²) in [5, 5.41) is 18.9. The number of nitro benzene ring substituents is 1. The van der Waals surface area contributed by atoms with Crippen molar-refractivity contribution in [2.75, 3.05) is 37.9 Å². The molecular weight excluding hydrogens is 584 g/mol. The van der Waals surface area contributed by atoms with Gasteiger partial charge in [-0.1, -0.05) is 0 Å². The van der Waals surface area contributed by atoms with Gasteiger partial charge in [0.1, 0.15) is 18.2 Å². The van der Waals surface area contributed by atoms with Crippen LogP contribution < -0.4 is 4.90 Å². The number of anilines is 2. The van der Waals surface area contributed by atoms with E-state index < -0.39 is 40.9 Å². The first-order valence-electron chi connectivity index (χ1n) is 13.6. The molecular formula is C29H23F2N5O8. The summed E-state index contributed by atoms with van der Waals surface area (Å²) in [5.74, 6) is -2.77. The molecule has 1 saturated carbocycles. The molecule has 15 heteroatoms. The molecule has 1 aromatic heterocycles. The Balaban J connectivity index is 1.11. The summed E-state index contributed by atoms with van der Waals surface area (Å²) < 4.78 is 43.5. The van der Waals surface area contributed by atoms with Crippen molar-refractivity contribution in [2.45, 2.75) is 18.8 Å². The second-order valence-electron chi connectivity index (χ2n) is 10.1. The molecule has 3 amide bonds. The topological polar surface area (TPSA) is 158 Å². The fourth-order valence-corrected chi connectivity index (χ4v) is 5.08. The standard InChI is InChI=1S/C29H23F2N5O8/c30-17-3-5-19-21(14-17)29(39)34(28(19)38)9-10-42-11-12-43-15-25(37)35(22-6-4-18(31)13-20(22)16-1-2-16)23-7-8-24(36(40)41)27-26(23)32-44-33-27/h3-8,13-14,16H,1-2,9-12,15H2. The number of carbonyl (C=O) groups excluding carboxylic acids is 3. The van der Waals surface area contributed by atoms with E-state index in [1.807, 2.05) is 0 Å². The number of halogens is 2. The van der Waals surface area contributed by atoms with Crippen molar-refractivity contribution >= 4 is 45.8 Å². The Labute approximate surface area is 247 Å². The number of hydrogen-bond donors (Lipinski definition) is 0. The minimum atomic E-state index is -0.646. The monoisotopic (exact) mass is 607 g/mol. The number of fused-ring (bicyclic) bond motifs is 2. The predicted octanol–water partition coefficient (Wildman–Crippen LogP) is 4.28. The van der Waals surface area contributed by atoms with Crippen LogP contribution in [0.5, 0.6) is 0 Å². The number of benzene rings is 3. The molecule has 2 heterocycles. The average molecular weight is 608 g/mol. The molecule has 226 valence electrons. The van der Waals surface area contributed by atoms with Crippen LogP contribution in [0.2, 0.25) is 0 Å². The predicted molar refractivity (Wildman–Crippen MR) is 147 cm³/mol. The van der Waals surface area contributed by atoms with E-state index in [4.69, 9.17) is 14.1 Å². The van der Waals surface area contributed by atoms with Gasteiger partial charge in [-0.2, -0.15) is 0 Å². The van der Waals surface area contributed by atoms with Crippen molar-refractivity contribution < 1.29 is 42.2 Å². The summed E-state index contributed by atoms with van der Waals surface area (Å²) in [6.07, 6.45) is 1.62. The summed E-state index contributed by atoms with van der Waals surface area (Å²) in [4.78, 5) is 51.6. The summed E-state index contributed by atoms with van der Waals surface area (Å²) in [6, 6.07) is 9.95. The summed E-state index contributed by atoms with van der Waals surface area (Å²) in [7, 11) is 0. The zero-order valence-electron chi connectivity index (χ0n) is 22.9. The summed E-state index contributed by atoms with van der Waals surface area (Å²) >= 11 is 0. The van der Waals surface area contributed by atoms with Crippen LogP contribution in [-0.2, 0) is 14.3 Å². The lowest BCUT2D eigenvalue weighted by molar-refractivity contribution is -0.383. The zero-order chi connectivity index (χ0) is 31.0. The molecule has 4 aromatic rings. The number of ether oxygens (including phenoxy) is 2. The maximum absolute atomic E-state index is 14.2. The lowest BCUT2D eigenvalue weighted by atomic mass is 10.1. The number of nitro groups is 1. The molecule has 1 fully saturated rings. The molecule has 0 saturated heterocycles. The quantitative estimate of drug-likeness (QED) is 0.0985. The van der Waals surface area contributed by atoms with Crippen molar-refractivity contribution in [3.63, 3.8) is 0 Å². The van der Waals surface area contributed by atoms with Gasteiger partial charge in [-0.15, -0.1) is 0 Å². The van der Waals surface area contributed by atoms with Gasteiger partial charge in [0.25, 0.3) is 17.7 Å². The molecule has 0 radical (unpaired) electrons. The van der Waals surface area contributed by atoms with E-state index in [2.05, 4.69) is 10.3 Å². The van der Waals surface area contributed by atoms with Crippen LogP contribution >= 0.6 is 0 Å². The normalized spacial score (nSPS) is 14.4. The van der Waals surface area contributed by atoms with Crippen molar-refractivity contribution in [1.29, 1.82) is 0 Å². The Morgan fingerprint density at radius 2 is 1.61 bits per heavy atom. The molecule has 0 atom stereocenters. The number of imide groups is 1. The maximum Gasteiger partial charge on any atom is 0.300 e. The summed E-state index contributed by atoms with van der Waals surface area (Å²) in [6.45, 7) is -0.537. The number of hydrogen-bond acceptors (Lipinski definition) is 10. The van der Waals surface area contributed by atoms with Crippen molar-refractivity contribution in [3.8, 4) is 0 Å². The molecule has 0 N–H and O–H groups in total. The van der Waals surface area contributed by atoms with E-state index in [9.17, 15) is 33.3 Å². The van der Waals surface area contributed by atoms with E-state index in [0.29, 0.717) is 11.3 Å². The Hall–Kier alpha value is -5.15. The third kappa shape index (κ3) is 5.49. The molecule has 0 bridgehead atoms. The SMILES string of the molecule is O=C1c2ccc(F)cc2C(=O)N1CCOCCOCC(=O)N(c1ccc(F)cc1C1CC1)c1ccc([N+](=O)[O-])c2nonc12. The number of rotatable bonds is 12. The molecule has 1 aliphatic heterocycles. The van der Waals surface area contributed by atoms with Crippen molar-refractivity contribution in [1.82, 2.24) is 15.2 Å². The van der Waals surface area contributed by atoms with E-state index >= 15 is 0 Å². The second kappa shape index (κ2) is 11.9. The molecule has 3 aromatic carbocycles. The van der Waals surface area contributed by atoms with Gasteiger partial charge in [-0.05, 0) is 77.1 Å². The molecule has 2 aliphatic rings. The molecule has 0 spiro atoms. The third-order valence-corrected chi connectivity index (χ3v) is 7.30. The minimum Gasteiger partial charge on any atom is -0.377 e. The van der Waals surface area contributed by atoms with Gasteiger partial charge in [0, 0.05) is 6.07 Å². The third-order valence-electron chi connectivity index (χ3n) is 7.30. The van der Waals surface area contributed by atoms with Crippen LogP contribution in [0.15, 0.2) is 53.2 Å². The van der Waals surface area contributed by atoms with E-state index in [-0.39, 0.29) is 65.8 Å². The van der Waals surface area contributed by atoms with Gasteiger partial charge in [0.05, 0.1) is 53.8 Å². The van der Waals surface area contributed by atoms with Gasteiger partial charge >= 0.3 is 5.69 Å². The van der Waals surface area contributed by atoms with Gasteiger partial charge in [0.2, 0.25) is 5.52 Å². The van der Waals surface area contributed by atoms with Crippen LogP contribution in [0.25, 0.3) is 11.0 Å². The van der Waals surface area contributed by atoms with Crippen molar-refractivity contribution in [3.05, 3.63) is 87.0 Å². The molecule has 0 unspecified atom stereocenters. The van der Waals surface area contributed by atoms with Crippen LogP contribution in [0, 0.1) is 21.7 Å². The average Bonchev–Trinajstić information content (AvgIpc) is 3.68. The Kier molecular flexibility index (Phi) is 7.80. The first-order chi connectivity index (χ1) is 21.2. The van der Waals surface area contributed by atoms with Crippen LogP contribution in [0.1, 0.15) is 45.0 Å². The van der Waals surface area contributed by atoms with Gasteiger partial charge in [-0.25, -0.2) is 13.4 Å². The van der Waals surface area contributed by atoms with E-state index in [0.717, 1.165) is 29.9 Å². The van der Waals surface area contributed by atoms with Crippen LogP contribution in [-0.4, -0.2) is 70.8 Å². The molecule has 13 nitrogen and oxygen atoms in total. The lowest BCUT2D eigenvalue weighted by Crippen LogP contribution is -2.33. The number of nitrogens with zero attached hydrogens (tertiary/aromatic N) is 5. The number of non-ortho nitro benzene ring substituents is 1. The van der Waals surface area contributed by atoms with Crippen molar-refractivity contribution in [2.24, 2.45) is 0 Å². The molecule has 6 rings (SSSR count). The highest BCUT2D eigenvalue weighted by Gasteiger charge is 2.36. The first-order valence-corrected chi connectivity index (χ1v) is 13.6. The minimum absolute atomic E-state index is 0.000837. The largest absolute Gasteiger partial charge is 0.377 e. The highest BCUT2D eigenvalue weighted by molar-refractivity contribution is 6.21. The second-order valence-corrected chi connectivity index (χ2v) is 10.1. The number of amides is 3. The van der Waals surface area contributed by atoms with Crippen LogP contribution in [0.3, 0.4) is 0 Å². The van der Waals surface area contributed by atoms with Gasteiger partial charge < -0.3 is 9.47 Å². The highest BCUT2D eigenvalue weighted by atomic mass is 19.1. The highest BCUT2D eigenvalue weighted by Crippen LogP contribution is 2.47. The summed E-state index contributed by atoms with van der Waals surface area (Å²) in [5.41, 5.74) is 0.695. The van der Waals surface area contributed by atoms with Gasteiger partial charge in [0.15, 0.2) is 5.52 Å². The van der Waals surface area contributed by atoms with Crippen LogP contribution in [0.4, 0.5) is 25.8 Å². The number of carbonyl (C=O) groups is 3. The van der Waals surface area contributed by atoms with E-state index in [1.54, 1.807) is 0 Å². The Morgan fingerprint density at radius 3 is 2.39 bits per heavy atom. The fourth-order valence-electron chi connectivity index (χ4n) is 5.08. The maximum atomic E-state index is 14.2. The van der Waals surface area contributed by atoms with Gasteiger partial charge in [-0.3, -0.25) is 34.3 Å². The molecule has 44 heavy (non-hydrogen) atoms. The van der Waals surface area contributed by atoms with E-state index in [1.165, 1.54) is 41.3 Å². The Bertz CT molecular complexity index is 1810. The number of aromatic nitrogens is 2. The lowest BCUT2D eigenvalue weighted by Gasteiger charge is -2.25. The zero-order valence-corrected chi connectivity index (χ0v) is 22.9. The molecule has 1 aliphatic carbocycles. The smallest absolute Gasteiger partial charge is 0.300 e. The fraction of sp³-hybridized carbons (Fsp3) is 0.276. The first kappa shape index (κ1) is 28.9.